The van der Waals surface area contributed by atoms with E-state index in [0.717, 1.165) is 25.4 Å². The molecule has 2 atom stereocenters. The molecule has 2 rings (SSSR count). The molecule has 6 heteroatoms. The van der Waals surface area contributed by atoms with Crippen molar-refractivity contribution in [3.05, 3.63) is 23.8 Å². The first-order chi connectivity index (χ1) is 12.4. The first kappa shape index (κ1) is 20.4. The lowest BCUT2D eigenvalue weighted by Gasteiger charge is -2.34. The summed E-state index contributed by atoms with van der Waals surface area (Å²) in [5, 5.41) is 0. The highest BCUT2D eigenvalue weighted by molar-refractivity contribution is 5.93. The summed E-state index contributed by atoms with van der Waals surface area (Å²) < 4.78 is 15.9. The Morgan fingerprint density at radius 1 is 1.04 bits per heavy atom. The van der Waals surface area contributed by atoms with Crippen LogP contribution in [0.2, 0.25) is 0 Å². The van der Waals surface area contributed by atoms with Gasteiger partial charge in [0, 0.05) is 0 Å². The summed E-state index contributed by atoms with van der Waals surface area (Å²) in [4.78, 5) is 23.2. The molecule has 0 bridgehead atoms. The molecule has 145 valence electrons. The van der Waals surface area contributed by atoms with Crippen molar-refractivity contribution < 1.29 is 28.8 Å². The van der Waals surface area contributed by atoms with Crippen molar-refractivity contribution in [1.82, 2.24) is 0 Å². The highest BCUT2D eigenvalue weighted by Gasteiger charge is 2.35. The molecule has 1 fully saturated rings. The highest BCUT2D eigenvalue weighted by atomic mass is 17.2. The van der Waals surface area contributed by atoms with Gasteiger partial charge in [-0.2, -0.15) is 4.89 Å². The van der Waals surface area contributed by atoms with Crippen LogP contribution in [0, 0.1) is 23.9 Å². The molecule has 0 aliphatic heterocycles. The molecule has 1 aliphatic carbocycles. The number of carbonyl (C=O) groups is 1. The fourth-order valence-electron chi connectivity index (χ4n) is 3.42. The zero-order chi connectivity index (χ0) is 19.3. The Kier molecular flexibility index (Phi) is 7.14. The molecule has 0 N–H and O–H groups in total. The summed E-state index contributed by atoms with van der Waals surface area (Å²) >= 11 is 0. The molecule has 1 aliphatic rings. The Labute approximate surface area is 155 Å². The van der Waals surface area contributed by atoms with Gasteiger partial charge in [0.1, 0.15) is 5.56 Å². The molecule has 1 aromatic carbocycles. The van der Waals surface area contributed by atoms with E-state index < -0.39 is 5.97 Å². The van der Waals surface area contributed by atoms with Gasteiger partial charge < -0.3 is 14.2 Å². The number of carbonyl (C=O) groups excluding carboxylic acids is 1. The van der Waals surface area contributed by atoms with Crippen LogP contribution in [0.3, 0.4) is 0 Å². The van der Waals surface area contributed by atoms with Crippen LogP contribution in [0.15, 0.2) is 12.1 Å². The average Bonchev–Trinajstić information content (AvgIpc) is 2.64. The molecule has 2 unspecified atom stereocenters. The SMILES string of the molecule is COc1ccc(C(=O)OO[C]2CC(C)CCC2C(C)C)c(OC)c1OC. The summed E-state index contributed by atoms with van der Waals surface area (Å²) in [5.74, 6) is 1.69. The number of benzene rings is 1. The molecule has 0 spiro atoms. The van der Waals surface area contributed by atoms with Crippen molar-refractivity contribution in [3.8, 4) is 17.2 Å². The smallest absolute Gasteiger partial charge is 0.377 e. The molecule has 0 aromatic heterocycles. The van der Waals surface area contributed by atoms with E-state index in [1.54, 1.807) is 12.1 Å². The molecule has 1 radical (unpaired) electrons. The maximum atomic E-state index is 12.6. The Hall–Kier alpha value is -1.95. The summed E-state index contributed by atoms with van der Waals surface area (Å²) in [7, 11) is 4.46. The van der Waals surface area contributed by atoms with E-state index in [0.29, 0.717) is 29.3 Å². The third kappa shape index (κ3) is 4.41. The fraction of sp³-hybridized carbons (Fsp3) is 0.600. The van der Waals surface area contributed by atoms with E-state index in [-0.39, 0.29) is 11.3 Å². The molecule has 0 amide bonds. The van der Waals surface area contributed by atoms with Crippen molar-refractivity contribution in [2.45, 2.75) is 40.0 Å². The summed E-state index contributed by atoms with van der Waals surface area (Å²) in [6, 6.07) is 3.20. The predicted molar refractivity (Wildman–Crippen MR) is 97.2 cm³/mol. The lowest BCUT2D eigenvalue weighted by molar-refractivity contribution is -0.251. The quantitative estimate of drug-likeness (QED) is 0.526. The predicted octanol–water partition coefficient (Wildman–Crippen LogP) is 4.42. The number of hydrogen-bond acceptors (Lipinski definition) is 6. The van der Waals surface area contributed by atoms with Gasteiger partial charge in [-0.3, -0.25) is 4.89 Å². The third-order valence-electron chi connectivity index (χ3n) is 4.89. The van der Waals surface area contributed by atoms with Crippen LogP contribution >= 0.6 is 0 Å². The fourth-order valence-corrected chi connectivity index (χ4v) is 3.42. The van der Waals surface area contributed by atoms with Gasteiger partial charge in [-0.25, -0.2) is 4.79 Å². The summed E-state index contributed by atoms with van der Waals surface area (Å²) in [6.07, 6.45) is 3.85. The molecule has 26 heavy (non-hydrogen) atoms. The van der Waals surface area contributed by atoms with E-state index in [9.17, 15) is 4.79 Å². The molecule has 6 nitrogen and oxygen atoms in total. The molecule has 1 saturated carbocycles. The highest BCUT2D eigenvalue weighted by Crippen LogP contribution is 2.42. The second-order valence-electron chi connectivity index (χ2n) is 7.04. The lowest BCUT2D eigenvalue weighted by Crippen LogP contribution is -2.28. The zero-order valence-electron chi connectivity index (χ0n) is 16.5. The summed E-state index contributed by atoms with van der Waals surface area (Å²) in [6.45, 7) is 6.49. The van der Waals surface area contributed by atoms with Crippen LogP contribution in [0.5, 0.6) is 17.2 Å². The van der Waals surface area contributed by atoms with Gasteiger partial charge in [0.05, 0.1) is 21.3 Å². The van der Waals surface area contributed by atoms with Crippen molar-refractivity contribution in [3.63, 3.8) is 0 Å². The normalized spacial score (nSPS) is 20.7. The van der Waals surface area contributed by atoms with Gasteiger partial charge in [-0.1, -0.05) is 27.2 Å². The maximum Gasteiger partial charge on any atom is 0.377 e. The van der Waals surface area contributed by atoms with E-state index in [1.165, 1.54) is 21.3 Å². The number of hydrogen-bond donors (Lipinski definition) is 0. The minimum Gasteiger partial charge on any atom is -0.493 e. The molecule has 1 aromatic rings. The van der Waals surface area contributed by atoms with Crippen molar-refractivity contribution in [2.24, 2.45) is 17.8 Å². The lowest BCUT2D eigenvalue weighted by atomic mass is 9.75. The Bertz CT molecular complexity index is 613. The monoisotopic (exact) mass is 365 g/mol. The Balaban J connectivity index is 2.14. The second kappa shape index (κ2) is 9.12. The molecular weight excluding hydrogens is 336 g/mol. The third-order valence-corrected chi connectivity index (χ3v) is 4.89. The van der Waals surface area contributed by atoms with Crippen LogP contribution in [-0.4, -0.2) is 27.3 Å². The Morgan fingerprint density at radius 3 is 2.31 bits per heavy atom. The van der Waals surface area contributed by atoms with Crippen molar-refractivity contribution in [1.29, 1.82) is 0 Å². The summed E-state index contributed by atoms with van der Waals surface area (Å²) in [5.41, 5.74) is 0.218. The van der Waals surface area contributed by atoms with E-state index >= 15 is 0 Å². The van der Waals surface area contributed by atoms with E-state index in [1.807, 2.05) is 0 Å². The van der Waals surface area contributed by atoms with Gasteiger partial charge in [-0.15, -0.1) is 0 Å². The van der Waals surface area contributed by atoms with Crippen molar-refractivity contribution in [2.75, 3.05) is 21.3 Å². The first-order valence-electron chi connectivity index (χ1n) is 8.96. The number of ether oxygens (including phenoxy) is 3. The molecular formula is C20H29O6. The van der Waals surface area contributed by atoms with Crippen LogP contribution < -0.4 is 14.2 Å². The molecule has 0 saturated heterocycles. The average molecular weight is 365 g/mol. The standard InChI is InChI=1S/C20H29O6/c1-12(2)14-8-7-13(3)11-17(14)25-26-20(21)15-9-10-16(22-4)19(24-6)18(15)23-5/h9-10,12-14H,7-8,11H2,1-6H3. The van der Waals surface area contributed by atoms with Gasteiger partial charge in [0.25, 0.3) is 0 Å². The second-order valence-corrected chi connectivity index (χ2v) is 7.04. The van der Waals surface area contributed by atoms with Crippen LogP contribution in [0.4, 0.5) is 0 Å². The Morgan fingerprint density at radius 2 is 1.73 bits per heavy atom. The van der Waals surface area contributed by atoms with E-state index in [4.69, 9.17) is 24.0 Å². The minimum absolute atomic E-state index is 0.218. The topological polar surface area (TPSA) is 63.2 Å². The van der Waals surface area contributed by atoms with Gasteiger partial charge in [-0.05, 0) is 42.7 Å². The first-order valence-corrected chi connectivity index (χ1v) is 8.96. The number of methoxy groups -OCH3 is 3. The van der Waals surface area contributed by atoms with Gasteiger partial charge in [0.2, 0.25) is 5.75 Å². The zero-order valence-corrected chi connectivity index (χ0v) is 16.5. The van der Waals surface area contributed by atoms with Gasteiger partial charge >= 0.3 is 5.97 Å². The minimum atomic E-state index is -0.629. The number of rotatable bonds is 7. The van der Waals surface area contributed by atoms with Crippen LogP contribution in [0.25, 0.3) is 0 Å². The van der Waals surface area contributed by atoms with Crippen LogP contribution in [-0.2, 0) is 9.78 Å². The maximum absolute atomic E-state index is 12.6. The van der Waals surface area contributed by atoms with Gasteiger partial charge in [0.15, 0.2) is 17.6 Å². The largest absolute Gasteiger partial charge is 0.493 e. The van der Waals surface area contributed by atoms with Crippen molar-refractivity contribution >= 4 is 5.97 Å². The van der Waals surface area contributed by atoms with E-state index in [2.05, 4.69) is 20.8 Å². The molecule has 0 heterocycles. The van der Waals surface area contributed by atoms with Crippen LogP contribution in [0.1, 0.15) is 50.4 Å².